The van der Waals surface area contributed by atoms with E-state index in [0.29, 0.717) is 6.54 Å². The van der Waals surface area contributed by atoms with Gasteiger partial charge in [0.05, 0.1) is 4.92 Å². The second-order valence-electron chi connectivity index (χ2n) is 5.61. The normalized spacial score (nSPS) is 18.3. The summed E-state index contributed by atoms with van der Waals surface area (Å²) in [6.45, 7) is 3.37. The molecule has 1 amide bonds. The summed E-state index contributed by atoms with van der Waals surface area (Å²) < 4.78 is 0. The third-order valence-electron chi connectivity index (χ3n) is 3.83. The number of benzene rings is 1. The maximum absolute atomic E-state index is 12.5. The predicted octanol–water partition coefficient (Wildman–Crippen LogP) is 2.12. The standard InChI is InChI=1S/C15H21N3O3/c1-11-6-7-14(18(20)21)13(9-11)15(19)17(2)10-12-5-3-4-8-16-12/h6-7,9,12,16H,3-5,8,10H2,1-2H3. The molecule has 21 heavy (non-hydrogen) atoms. The number of piperidine rings is 1. The molecule has 1 saturated heterocycles. The van der Waals surface area contributed by atoms with E-state index in [1.54, 1.807) is 24.1 Å². The molecule has 1 heterocycles. The average molecular weight is 291 g/mol. The Morgan fingerprint density at radius 3 is 2.86 bits per heavy atom. The van der Waals surface area contributed by atoms with E-state index in [0.717, 1.165) is 31.4 Å². The molecule has 6 nitrogen and oxygen atoms in total. The van der Waals surface area contributed by atoms with Gasteiger partial charge in [0.25, 0.3) is 11.6 Å². The van der Waals surface area contributed by atoms with E-state index < -0.39 is 4.92 Å². The van der Waals surface area contributed by atoms with Crippen molar-refractivity contribution in [3.8, 4) is 0 Å². The summed E-state index contributed by atoms with van der Waals surface area (Å²) in [7, 11) is 1.70. The lowest BCUT2D eigenvalue weighted by atomic mass is 10.0. The molecule has 1 aliphatic heterocycles. The molecule has 1 atom stereocenters. The first-order valence-corrected chi connectivity index (χ1v) is 7.23. The van der Waals surface area contributed by atoms with Gasteiger partial charge in [0, 0.05) is 25.7 Å². The van der Waals surface area contributed by atoms with Gasteiger partial charge in [0.2, 0.25) is 0 Å². The van der Waals surface area contributed by atoms with Crippen LogP contribution in [0.3, 0.4) is 0 Å². The number of hydrogen-bond donors (Lipinski definition) is 1. The molecular weight excluding hydrogens is 270 g/mol. The first kappa shape index (κ1) is 15.4. The molecule has 1 fully saturated rings. The Morgan fingerprint density at radius 2 is 2.24 bits per heavy atom. The summed E-state index contributed by atoms with van der Waals surface area (Å²) in [6.07, 6.45) is 3.36. The zero-order chi connectivity index (χ0) is 15.4. The Balaban J connectivity index is 2.14. The van der Waals surface area contributed by atoms with Crippen LogP contribution in [0.2, 0.25) is 0 Å². The number of nitro benzene ring substituents is 1. The number of hydrogen-bond acceptors (Lipinski definition) is 4. The quantitative estimate of drug-likeness (QED) is 0.681. The second kappa shape index (κ2) is 6.67. The topological polar surface area (TPSA) is 75.5 Å². The Kier molecular flexibility index (Phi) is 4.90. The molecule has 1 N–H and O–H groups in total. The number of nitro groups is 1. The summed E-state index contributed by atoms with van der Waals surface area (Å²) in [5, 5.41) is 14.4. The van der Waals surface area contributed by atoms with Crippen molar-refractivity contribution in [3.05, 3.63) is 39.4 Å². The minimum atomic E-state index is -0.501. The largest absolute Gasteiger partial charge is 0.340 e. The smallest absolute Gasteiger partial charge is 0.282 e. The molecule has 114 valence electrons. The van der Waals surface area contributed by atoms with Crippen LogP contribution in [-0.4, -0.2) is 41.9 Å². The highest BCUT2D eigenvalue weighted by Crippen LogP contribution is 2.21. The molecule has 1 unspecified atom stereocenters. The monoisotopic (exact) mass is 291 g/mol. The summed E-state index contributed by atoms with van der Waals surface area (Å²) >= 11 is 0. The molecule has 2 rings (SSSR count). The van der Waals surface area contributed by atoms with Gasteiger partial charge in [-0.25, -0.2) is 0 Å². The molecule has 0 spiro atoms. The van der Waals surface area contributed by atoms with E-state index in [-0.39, 0.29) is 23.2 Å². The number of likely N-dealkylation sites (N-methyl/N-ethyl adjacent to an activating group) is 1. The van der Waals surface area contributed by atoms with Gasteiger partial charge in [-0.05, 0) is 37.9 Å². The SMILES string of the molecule is Cc1ccc([N+](=O)[O-])c(C(=O)N(C)CC2CCCCN2)c1. The third-order valence-corrected chi connectivity index (χ3v) is 3.83. The van der Waals surface area contributed by atoms with Crippen LogP contribution in [-0.2, 0) is 0 Å². The maximum atomic E-state index is 12.5. The Bertz CT molecular complexity index is 539. The van der Waals surface area contributed by atoms with Crippen LogP contribution in [0.25, 0.3) is 0 Å². The van der Waals surface area contributed by atoms with Crippen molar-refractivity contribution in [2.45, 2.75) is 32.2 Å². The van der Waals surface area contributed by atoms with Crippen molar-refractivity contribution in [1.29, 1.82) is 0 Å². The zero-order valence-electron chi connectivity index (χ0n) is 12.5. The van der Waals surface area contributed by atoms with E-state index >= 15 is 0 Å². The highest BCUT2D eigenvalue weighted by atomic mass is 16.6. The van der Waals surface area contributed by atoms with E-state index in [2.05, 4.69) is 5.32 Å². The van der Waals surface area contributed by atoms with Gasteiger partial charge in [-0.3, -0.25) is 14.9 Å². The Labute approximate surface area is 124 Å². The molecule has 0 aliphatic carbocycles. The van der Waals surface area contributed by atoms with Gasteiger partial charge < -0.3 is 10.2 Å². The number of nitrogens with zero attached hydrogens (tertiary/aromatic N) is 2. The van der Waals surface area contributed by atoms with E-state index in [9.17, 15) is 14.9 Å². The van der Waals surface area contributed by atoms with Crippen LogP contribution in [0.4, 0.5) is 5.69 Å². The fourth-order valence-electron chi connectivity index (χ4n) is 2.68. The number of amides is 1. The first-order valence-electron chi connectivity index (χ1n) is 7.23. The lowest BCUT2D eigenvalue weighted by Gasteiger charge is -2.28. The minimum absolute atomic E-state index is 0.131. The maximum Gasteiger partial charge on any atom is 0.282 e. The molecular formula is C15H21N3O3. The summed E-state index contributed by atoms with van der Waals surface area (Å²) in [5.41, 5.74) is 0.875. The van der Waals surface area contributed by atoms with E-state index in [1.165, 1.54) is 6.07 Å². The van der Waals surface area contributed by atoms with Crippen LogP contribution in [0.5, 0.6) is 0 Å². The fraction of sp³-hybridized carbons (Fsp3) is 0.533. The van der Waals surface area contributed by atoms with Gasteiger partial charge in [-0.2, -0.15) is 0 Å². The number of rotatable bonds is 4. The van der Waals surface area contributed by atoms with Gasteiger partial charge in [0.15, 0.2) is 0 Å². The number of carbonyl (C=O) groups is 1. The third kappa shape index (κ3) is 3.78. The summed E-state index contributed by atoms with van der Waals surface area (Å²) in [4.78, 5) is 24.6. The average Bonchev–Trinajstić information content (AvgIpc) is 2.47. The fourth-order valence-corrected chi connectivity index (χ4v) is 2.68. The van der Waals surface area contributed by atoms with Crippen molar-refractivity contribution in [1.82, 2.24) is 10.2 Å². The van der Waals surface area contributed by atoms with Crippen LogP contribution in [0.15, 0.2) is 18.2 Å². The van der Waals surface area contributed by atoms with Gasteiger partial charge in [-0.15, -0.1) is 0 Å². The number of carbonyl (C=O) groups excluding carboxylic acids is 1. The molecule has 6 heteroatoms. The molecule has 0 bridgehead atoms. The molecule has 0 saturated carbocycles. The summed E-state index contributed by atoms with van der Waals surface area (Å²) in [5.74, 6) is -0.294. The predicted molar refractivity (Wildman–Crippen MR) is 80.4 cm³/mol. The number of nitrogens with one attached hydrogen (secondary N) is 1. The van der Waals surface area contributed by atoms with Crippen LogP contribution in [0.1, 0.15) is 35.2 Å². The van der Waals surface area contributed by atoms with E-state index in [1.807, 2.05) is 6.92 Å². The van der Waals surface area contributed by atoms with Crippen LogP contribution in [0, 0.1) is 17.0 Å². The lowest BCUT2D eigenvalue weighted by Crippen LogP contribution is -2.44. The molecule has 1 aromatic rings. The Hall–Kier alpha value is -1.95. The van der Waals surface area contributed by atoms with Gasteiger partial charge in [0.1, 0.15) is 5.56 Å². The van der Waals surface area contributed by atoms with E-state index in [4.69, 9.17) is 0 Å². The molecule has 0 radical (unpaired) electrons. The van der Waals surface area contributed by atoms with Crippen molar-refractivity contribution >= 4 is 11.6 Å². The van der Waals surface area contributed by atoms with Crippen molar-refractivity contribution in [2.75, 3.05) is 20.1 Å². The molecule has 0 aromatic heterocycles. The number of aryl methyl sites for hydroxylation is 1. The van der Waals surface area contributed by atoms with Crippen molar-refractivity contribution < 1.29 is 9.72 Å². The van der Waals surface area contributed by atoms with Gasteiger partial charge in [-0.1, -0.05) is 12.5 Å². The minimum Gasteiger partial charge on any atom is -0.340 e. The van der Waals surface area contributed by atoms with Gasteiger partial charge >= 0.3 is 0 Å². The molecule has 1 aromatic carbocycles. The van der Waals surface area contributed by atoms with Crippen molar-refractivity contribution in [3.63, 3.8) is 0 Å². The van der Waals surface area contributed by atoms with Crippen LogP contribution >= 0.6 is 0 Å². The lowest BCUT2D eigenvalue weighted by molar-refractivity contribution is -0.385. The van der Waals surface area contributed by atoms with Crippen LogP contribution < -0.4 is 5.32 Å². The van der Waals surface area contributed by atoms with Crippen molar-refractivity contribution in [2.24, 2.45) is 0 Å². The second-order valence-corrected chi connectivity index (χ2v) is 5.61. The summed E-state index contributed by atoms with van der Waals surface area (Å²) in [6, 6.07) is 4.91. The Morgan fingerprint density at radius 1 is 1.48 bits per heavy atom. The molecule has 1 aliphatic rings. The highest BCUT2D eigenvalue weighted by Gasteiger charge is 2.25. The first-order chi connectivity index (χ1) is 9.99. The zero-order valence-corrected chi connectivity index (χ0v) is 12.5. The highest BCUT2D eigenvalue weighted by molar-refractivity contribution is 5.98.